The quantitative estimate of drug-likeness (QED) is 0.334. The molecule has 6 heteroatoms. The van der Waals surface area contributed by atoms with Crippen molar-refractivity contribution in [1.82, 2.24) is 15.0 Å². The van der Waals surface area contributed by atoms with Crippen molar-refractivity contribution in [2.75, 3.05) is 11.5 Å². The normalized spacial score (nSPS) is 16.2. The van der Waals surface area contributed by atoms with E-state index in [4.69, 9.17) is 0 Å². The Bertz CT molecular complexity index is 1510. The summed E-state index contributed by atoms with van der Waals surface area (Å²) in [6.45, 7) is 8.57. The van der Waals surface area contributed by atoms with E-state index in [9.17, 15) is 9.00 Å². The van der Waals surface area contributed by atoms with Crippen LogP contribution in [0.3, 0.4) is 0 Å². The van der Waals surface area contributed by atoms with E-state index in [2.05, 4.69) is 73.0 Å². The molecule has 0 saturated carbocycles. The highest BCUT2D eigenvalue weighted by atomic mass is 32.2. The summed E-state index contributed by atoms with van der Waals surface area (Å²) in [5.41, 5.74) is 8.86. The summed E-state index contributed by atoms with van der Waals surface area (Å²) in [4.78, 5) is 25.6. The van der Waals surface area contributed by atoms with E-state index < -0.39 is 10.8 Å². The number of nitrogens with one attached hydrogen (secondary N) is 1. The van der Waals surface area contributed by atoms with Crippen LogP contribution in [0.25, 0.3) is 27.9 Å². The molecule has 0 aliphatic carbocycles. The zero-order valence-electron chi connectivity index (χ0n) is 21.2. The predicted octanol–water partition coefficient (Wildman–Crippen LogP) is 6.19. The molecule has 1 atom stereocenters. The number of hydrogen-bond acceptors (Lipinski definition) is 4. The number of fused-ring (bicyclic) bond motifs is 1. The molecule has 4 aromatic rings. The van der Waals surface area contributed by atoms with E-state index >= 15 is 0 Å². The van der Waals surface area contributed by atoms with Crippen LogP contribution in [0.15, 0.2) is 60.9 Å². The third kappa shape index (κ3) is 4.82. The lowest BCUT2D eigenvalue weighted by Crippen LogP contribution is -2.12. The van der Waals surface area contributed by atoms with Gasteiger partial charge in [-0.15, -0.1) is 0 Å². The standard InChI is InChI=1S/C30H31N3O2S/c1-19-22(16-27(34)21-8-10-23(11-9-21)30(2,3)4)6-5-7-24(19)28-25-17-26(33-29(25)32-18-31-28)20-12-14-36(35)15-13-20/h5-12,17-18H,13-16H2,1-4H3,(H,31,32,33). The highest BCUT2D eigenvalue weighted by molar-refractivity contribution is 7.85. The second-order valence-corrected chi connectivity index (χ2v) is 12.1. The van der Waals surface area contributed by atoms with Crippen molar-refractivity contribution >= 4 is 33.2 Å². The highest BCUT2D eigenvalue weighted by Gasteiger charge is 2.19. The molecule has 36 heavy (non-hydrogen) atoms. The molecule has 1 unspecified atom stereocenters. The molecule has 0 spiro atoms. The SMILES string of the molecule is Cc1c(CC(=O)c2ccc(C(C)(C)C)cc2)cccc1-c1ncnc2[nH]c(C3=CCS(=O)CC3)cc12. The molecule has 2 aromatic carbocycles. The fourth-order valence-electron chi connectivity index (χ4n) is 4.74. The minimum atomic E-state index is -0.762. The fourth-order valence-corrected chi connectivity index (χ4v) is 5.74. The third-order valence-electron chi connectivity index (χ3n) is 7.01. The number of carbonyl (C=O) groups excluding carboxylic acids is 1. The van der Waals surface area contributed by atoms with Gasteiger partial charge >= 0.3 is 0 Å². The van der Waals surface area contributed by atoms with Crippen molar-refractivity contribution in [1.29, 1.82) is 0 Å². The zero-order chi connectivity index (χ0) is 25.4. The van der Waals surface area contributed by atoms with Gasteiger partial charge in [-0.25, -0.2) is 9.97 Å². The predicted molar refractivity (Wildman–Crippen MR) is 148 cm³/mol. The lowest BCUT2D eigenvalue weighted by atomic mass is 9.86. The number of aromatic nitrogens is 3. The van der Waals surface area contributed by atoms with Crippen LogP contribution in [0.1, 0.15) is 59.9 Å². The topological polar surface area (TPSA) is 75.7 Å². The van der Waals surface area contributed by atoms with Crippen molar-refractivity contribution in [3.63, 3.8) is 0 Å². The number of rotatable bonds is 5. The fraction of sp³-hybridized carbons (Fsp3) is 0.300. The van der Waals surface area contributed by atoms with Crippen LogP contribution in [-0.4, -0.2) is 36.4 Å². The monoisotopic (exact) mass is 497 g/mol. The summed E-state index contributed by atoms with van der Waals surface area (Å²) in [7, 11) is -0.762. The Labute approximate surface area is 214 Å². The van der Waals surface area contributed by atoms with Gasteiger partial charge in [0.25, 0.3) is 0 Å². The second kappa shape index (κ2) is 9.58. The lowest BCUT2D eigenvalue weighted by Gasteiger charge is -2.19. The van der Waals surface area contributed by atoms with Crippen LogP contribution >= 0.6 is 0 Å². The highest BCUT2D eigenvalue weighted by Crippen LogP contribution is 2.33. The van der Waals surface area contributed by atoms with Gasteiger partial charge in [0.2, 0.25) is 0 Å². The largest absolute Gasteiger partial charge is 0.339 e. The van der Waals surface area contributed by atoms with Gasteiger partial charge in [0, 0.05) is 50.9 Å². The van der Waals surface area contributed by atoms with Crippen LogP contribution < -0.4 is 0 Å². The number of allylic oxidation sites excluding steroid dienone is 1. The first kappa shape index (κ1) is 24.3. The molecule has 5 rings (SSSR count). The summed E-state index contributed by atoms with van der Waals surface area (Å²) in [6, 6.07) is 16.1. The molecule has 2 aromatic heterocycles. The maximum Gasteiger partial charge on any atom is 0.167 e. The minimum Gasteiger partial charge on any atom is -0.339 e. The molecule has 0 fully saturated rings. The Balaban J connectivity index is 1.45. The van der Waals surface area contributed by atoms with Crippen LogP contribution in [0, 0.1) is 6.92 Å². The van der Waals surface area contributed by atoms with Crippen LogP contribution in [0.2, 0.25) is 0 Å². The average molecular weight is 498 g/mol. The van der Waals surface area contributed by atoms with Gasteiger partial charge in [-0.2, -0.15) is 0 Å². The molecular formula is C30H31N3O2S. The summed E-state index contributed by atoms with van der Waals surface area (Å²) in [5.74, 6) is 1.39. The number of aromatic amines is 1. The molecule has 0 saturated heterocycles. The summed E-state index contributed by atoms with van der Waals surface area (Å²) in [5, 5.41) is 0.949. The van der Waals surface area contributed by atoms with Gasteiger partial charge < -0.3 is 4.98 Å². The number of ketones is 1. The zero-order valence-corrected chi connectivity index (χ0v) is 22.0. The molecule has 5 nitrogen and oxygen atoms in total. The Kier molecular flexibility index (Phi) is 6.47. The second-order valence-electron chi connectivity index (χ2n) is 10.5. The average Bonchev–Trinajstić information content (AvgIpc) is 3.30. The van der Waals surface area contributed by atoms with E-state index in [1.807, 2.05) is 24.3 Å². The molecule has 1 aliphatic rings. The molecule has 1 N–H and O–H groups in total. The van der Waals surface area contributed by atoms with E-state index in [1.54, 1.807) is 6.33 Å². The van der Waals surface area contributed by atoms with Crippen LogP contribution in [0.5, 0.6) is 0 Å². The first-order valence-electron chi connectivity index (χ1n) is 12.3. The number of benzene rings is 2. The van der Waals surface area contributed by atoms with Gasteiger partial charge in [-0.1, -0.05) is 69.3 Å². The summed E-state index contributed by atoms with van der Waals surface area (Å²) in [6.07, 6.45) is 4.76. The maximum atomic E-state index is 13.1. The maximum absolute atomic E-state index is 13.1. The lowest BCUT2D eigenvalue weighted by molar-refractivity contribution is 0.0992. The van der Waals surface area contributed by atoms with E-state index in [-0.39, 0.29) is 11.2 Å². The van der Waals surface area contributed by atoms with E-state index in [0.29, 0.717) is 17.9 Å². The first-order valence-corrected chi connectivity index (χ1v) is 13.8. The Morgan fingerprint density at radius 3 is 2.56 bits per heavy atom. The summed E-state index contributed by atoms with van der Waals surface area (Å²) < 4.78 is 11.8. The van der Waals surface area contributed by atoms with E-state index in [0.717, 1.165) is 51.1 Å². The van der Waals surface area contributed by atoms with Crippen molar-refractivity contribution in [3.05, 3.63) is 88.9 Å². The molecule has 0 radical (unpaired) electrons. The molecule has 1 aliphatic heterocycles. The van der Waals surface area contributed by atoms with E-state index in [1.165, 1.54) is 11.1 Å². The molecule has 0 bridgehead atoms. The molecule has 0 amide bonds. The number of carbonyl (C=O) groups is 1. The first-order chi connectivity index (χ1) is 17.2. The van der Waals surface area contributed by atoms with Gasteiger partial charge in [0.1, 0.15) is 12.0 Å². The van der Waals surface area contributed by atoms with Crippen LogP contribution in [0.4, 0.5) is 0 Å². The van der Waals surface area contributed by atoms with Gasteiger partial charge in [-0.3, -0.25) is 9.00 Å². The van der Waals surface area contributed by atoms with Gasteiger partial charge in [0.05, 0.1) is 5.69 Å². The van der Waals surface area contributed by atoms with Crippen molar-refractivity contribution in [2.45, 2.75) is 46.0 Å². The smallest absolute Gasteiger partial charge is 0.167 e. The third-order valence-corrected chi connectivity index (χ3v) is 8.21. The van der Waals surface area contributed by atoms with Gasteiger partial charge in [-0.05, 0) is 47.1 Å². The van der Waals surface area contributed by atoms with Crippen molar-refractivity contribution in [3.8, 4) is 11.3 Å². The number of Topliss-reactive ketones (excluding diaryl/α,β-unsaturated/α-hetero) is 1. The van der Waals surface area contributed by atoms with Crippen molar-refractivity contribution in [2.24, 2.45) is 0 Å². The van der Waals surface area contributed by atoms with Crippen LogP contribution in [-0.2, 0) is 22.6 Å². The Morgan fingerprint density at radius 1 is 1.08 bits per heavy atom. The van der Waals surface area contributed by atoms with Gasteiger partial charge in [0.15, 0.2) is 5.78 Å². The number of H-pyrrole nitrogens is 1. The minimum absolute atomic E-state index is 0.0554. The Hall–Kier alpha value is -3.38. The number of hydrogen-bond donors (Lipinski definition) is 1. The Morgan fingerprint density at radius 2 is 1.86 bits per heavy atom. The summed E-state index contributed by atoms with van der Waals surface area (Å²) >= 11 is 0. The van der Waals surface area contributed by atoms with Crippen molar-refractivity contribution < 1.29 is 9.00 Å². The molecular weight excluding hydrogens is 466 g/mol. The molecule has 3 heterocycles. The number of nitrogens with zero attached hydrogens (tertiary/aromatic N) is 2. The molecule has 184 valence electrons.